The highest BCUT2D eigenvalue weighted by atomic mass is 16.5. The summed E-state index contributed by atoms with van der Waals surface area (Å²) in [6, 6.07) is 2.39. The SMILES string of the molecule is Cc1cc(NC2CCOC2)nc(C(C)C)n1. The second kappa shape index (κ2) is 4.78. The molecule has 0 aliphatic carbocycles. The number of nitrogens with one attached hydrogen (secondary N) is 1. The van der Waals surface area contributed by atoms with E-state index in [1.807, 2.05) is 13.0 Å². The van der Waals surface area contributed by atoms with Gasteiger partial charge in [0.25, 0.3) is 0 Å². The van der Waals surface area contributed by atoms with Crippen molar-refractivity contribution >= 4 is 5.82 Å². The summed E-state index contributed by atoms with van der Waals surface area (Å²) in [7, 11) is 0. The van der Waals surface area contributed by atoms with E-state index in [1.165, 1.54) is 0 Å². The van der Waals surface area contributed by atoms with E-state index >= 15 is 0 Å². The zero-order chi connectivity index (χ0) is 11.5. The summed E-state index contributed by atoms with van der Waals surface area (Å²) in [6.45, 7) is 7.84. The first-order valence-electron chi connectivity index (χ1n) is 5.85. The van der Waals surface area contributed by atoms with Gasteiger partial charge in [-0.25, -0.2) is 9.97 Å². The van der Waals surface area contributed by atoms with Crippen molar-refractivity contribution in [1.29, 1.82) is 0 Å². The lowest BCUT2D eigenvalue weighted by molar-refractivity contribution is 0.195. The Hall–Kier alpha value is -1.16. The molecule has 1 aromatic rings. The Labute approximate surface area is 96.4 Å². The Morgan fingerprint density at radius 1 is 1.44 bits per heavy atom. The Morgan fingerprint density at radius 3 is 2.88 bits per heavy atom. The van der Waals surface area contributed by atoms with Crippen molar-refractivity contribution in [2.24, 2.45) is 0 Å². The Morgan fingerprint density at radius 2 is 2.25 bits per heavy atom. The minimum atomic E-state index is 0.361. The molecule has 1 fully saturated rings. The van der Waals surface area contributed by atoms with Crippen molar-refractivity contribution in [2.75, 3.05) is 18.5 Å². The molecule has 1 aromatic heterocycles. The number of hydrogen-bond donors (Lipinski definition) is 1. The average molecular weight is 221 g/mol. The molecule has 4 heteroatoms. The van der Waals surface area contributed by atoms with Crippen LogP contribution in [0.25, 0.3) is 0 Å². The normalized spacial score (nSPS) is 20.4. The fourth-order valence-electron chi connectivity index (χ4n) is 1.78. The lowest BCUT2D eigenvalue weighted by Gasteiger charge is -2.13. The lowest BCUT2D eigenvalue weighted by Crippen LogP contribution is -2.20. The second-order valence-corrected chi connectivity index (χ2v) is 4.61. The van der Waals surface area contributed by atoms with E-state index in [0.717, 1.165) is 37.0 Å². The van der Waals surface area contributed by atoms with Crippen molar-refractivity contribution in [3.05, 3.63) is 17.6 Å². The van der Waals surface area contributed by atoms with Gasteiger partial charge in [0.2, 0.25) is 0 Å². The summed E-state index contributed by atoms with van der Waals surface area (Å²) >= 11 is 0. The van der Waals surface area contributed by atoms with Crippen molar-refractivity contribution in [3.8, 4) is 0 Å². The van der Waals surface area contributed by atoms with E-state index in [0.29, 0.717) is 12.0 Å². The Bertz CT molecular complexity index is 359. The topological polar surface area (TPSA) is 47.0 Å². The first-order valence-corrected chi connectivity index (χ1v) is 5.85. The molecule has 16 heavy (non-hydrogen) atoms. The molecule has 1 saturated heterocycles. The highest BCUT2D eigenvalue weighted by molar-refractivity contribution is 5.37. The molecule has 0 radical (unpaired) electrons. The van der Waals surface area contributed by atoms with Crippen LogP contribution in [-0.4, -0.2) is 29.2 Å². The van der Waals surface area contributed by atoms with Gasteiger partial charge in [0.1, 0.15) is 11.6 Å². The maximum absolute atomic E-state index is 5.33. The van der Waals surface area contributed by atoms with Crippen molar-refractivity contribution < 1.29 is 4.74 Å². The summed E-state index contributed by atoms with van der Waals surface area (Å²) < 4.78 is 5.33. The van der Waals surface area contributed by atoms with Crippen LogP contribution in [0, 0.1) is 6.92 Å². The molecule has 0 amide bonds. The number of nitrogens with zero attached hydrogens (tertiary/aromatic N) is 2. The van der Waals surface area contributed by atoms with E-state index in [1.54, 1.807) is 0 Å². The van der Waals surface area contributed by atoms with Crippen molar-refractivity contribution in [3.63, 3.8) is 0 Å². The Kier molecular flexibility index (Phi) is 3.39. The lowest BCUT2D eigenvalue weighted by atomic mass is 10.2. The molecule has 2 heterocycles. The van der Waals surface area contributed by atoms with Crippen LogP contribution >= 0.6 is 0 Å². The first-order chi connectivity index (χ1) is 7.65. The largest absolute Gasteiger partial charge is 0.379 e. The maximum Gasteiger partial charge on any atom is 0.133 e. The van der Waals surface area contributed by atoms with Crippen LogP contribution in [0.15, 0.2) is 6.07 Å². The monoisotopic (exact) mass is 221 g/mol. The summed E-state index contributed by atoms with van der Waals surface area (Å²) in [5.41, 5.74) is 1.01. The van der Waals surface area contributed by atoms with Gasteiger partial charge < -0.3 is 10.1 Å². The predicted molar refractivity (Wildman–Crippen MR) is 63.7 cm³/mol. The molecule has 1 aliphatic rings. The van der Waals surface area contributed by atoms with Crippen LogP contribution in [0.1, 0.15) is 37.7 Å². The number of aryl methyl sites for hydroxylation is 1. The van der Waals surface area contributed by atoms with Crippen LogP contribution in [0.5, 0.6) is 0 Å². The van der Waals surface area contributed by atoms with Gasteiger partial charge in [0, 0.05) is 24.3 Å². The highest BCUT2D eigenvalue weighted by Gasteiger charge is 2.16. The Balaban J connectivity index is 2.13. The fraction of sp³-hybridized carbons (Fsp3) is 0.667. The molecular formula is C12H19N3O. The summed E-state index contributed by atoms with van der Waals surface area (Å²) in [5, 5.41) is 3.40. The van der Waals surface area contributed by atoms with Crippen LogP contribution in [0.3, 0.4) is 0 Å². The standard InChI is InChI=1S/C12H19N3O/c1-8(2)12-13-9(3)6-11(15-12)14-10-4-5-16-7-10/h6,8,10H,4-5,7H2,1-3H3,(H,13,14,15). The van der Waals surface area contributed by atoms with E-state index in [2.05, 4.69) is 29.1 Å². The van der Waals surface area contributed by atoms with Crippen LogP contribution in [0.2, 0.25) is 0 Å². The average Bonchev–Trinajstić information content (AvgIpc) is 2.69. The maximum atomic E-state index is 5.33. The molecule has 1 aliphatic heterocycles. The molecule has 0 bridgehead atoms. The molecule has 1 N–H and O–H groups in total. The van der Waals surface area contributed by atoms with E-state index in [-0.39, 0.29) is 0 Å². The van der Waals surface area contributed by atoms with Gasteiger partial charge in [-0.05, 0) is 13.3 Å². The summed E-state index contributed by atoms with van der Waals surface area (Å²) in [6.07, 6.45) is 1.06. The number of rotatable bonds is 3. The number of aromatic nitrogens is 2. The third kappa shape index (κ3) is 2.70. The number of anilines is 1. The van der Waals surface area contributed by atoms with E-state index in [4.69, 9.17) is 4.74 Å². The van der Waals surface area contributed by atoms with Gasteiger partial charge in [-0.3, -0.25) is 0 Å². The van der Waals surface area contributed by atoms with Crippen LogP contribution in [-0.2, 0) is 4.74 Å². The summed E-state index contributed by atoms with van der Waals surface area (Å²) in [5.74, 6) is 2.19. The highest BCUT2D eigenvalue weighted by Crippen LogP contribution is 2.16. The molecule has 4 nitrogen and oxygen atoms in total. The molecule has 88 valence electrons. The number of hydrogen-bond acceptors (Lipinski definition) is 4. The molecule has 1 atom stereocenters. The molecule has 0 aromatic carbocycles. The molecule has 0 saturated carbocycles. The zero-order valence-corrected chi connectivity index (χ0v) is 10.2. The van der Waals surface area contributed by atoms with E-state index in [9.17, 15) is 0 Å². The quantitative estimate of drug-likeness (QED) is 0.849. The van der Waals surface area contributed by atoms with Crippen LogP contribution in [0.4, 0.5) is 5.82 Å². The van der Waals surface area contributed by atoms with Gasteiger partial charge >= 0.3 is 0 Å². The summed E-state index contributed by atoms with van der Waals surface area (Å²) in [4.78, 5) is 8.94. The smallest absolute Gasteiger partial charge is 0.133 e. The zero-order valence-electron chi connectivity index (χ0n) is 10.2. The van der Waals surface area contributed by atoms with Crippen LogP contribution < -0.4 is 5.32 Å². The molecule has 1 unspecified atom stereocenters. The van der Waals surface area contributed by atoms with Gasteiger partial charge in [-0.1, -0.05) is 13.8 Å². The van der Waals surface area contributed by atoms with Crippen molar-refractivity contribution in [1.82, 2.24) is 9.97 Å². The minimum absolute atomic E-state index is 0.361. The van der Waals surface area contributed by atoms with E-state index < -0.39 is 0 Å². The first kappa shape index (κ1) is 11.3. The molecule has 0 spiro atoms. The third-order valence-corrected chi connectivity index (χ3v) is 2.67. The fourth-order valence-corrected chi connectivity index (χ4v) is 1.78. The van der Waals surface area contributed by atoms with Gasteiger partial charge in [0.15, 0.2) is 0 Å². The van der Waals surface area contributed by atoms with Gasteiger partial charge in [0.05, 0.1) is 12.6 Å². The second-order valence-electron chi connectivity index (χ2n) is 4.61. The molecule has 2 rings (SSSR count). The third-order valence-electron chi connectivity index (χ3n) is 2.67. The number of ether oxygens (including phenoxy) is 1. The van der Waals surface area contributed by atoms with Gasteiger partial charge in [-0.15, -0.1) is 0 Å². The minimum Gasteiger partial charge on any atom is -0.379 e. The predicted octanol–water partition coefficient (Wildman–Crippen LogP) is 2.11. The van der Waals surface area contributed by atoms with Gasteiger partial charge in [-0.2, -0.15) is 0 Å². The van der Waals surface area contributed by atoms with Crippen molar-refractivity contribution in [2.45, 2.75) is 39.2 Å². The molecular weight excluding hydrogens is 202 g/mol.